The lowest BCUT2D eigenvalue weighted by atomic mass is 10.0. The minimum absolute atomic E-state index is 0.167. The number of methoxy groups -OCH3 is 1. The lowest BCUT2D eigenvalue weighted by molar-refractivity contribution is 0.414. The average Bonchev–Trinajstić information content (AvgIpc) is 3.28. The molecule has 0 bridgehead atoms. The summed E-state index contributed by atoms with van der Waals surface area (Å²) in [5.74, 6) is 2.07. The fraction of sp³-hybridized carbons (Fsp3) is 0.389. The van der Waals surface area contributed by atoms with Crippen molar-refractivity contribution < 1.29 is 4.74 Å². The molecule has 2 aromatic heterocycles. The number of rotatable bonds is 4. The summed E-state index contributed by atoms with van der Waals surface area (Å²) in [5.41, 5.74) is 2.25. The molecule has 1 saturated carbocycles. The molecule has 1 aliphatic rings. The van der Waals surface area contributed by atoms with Crippen LogP contribution in [0.4, 0.5) is 0 Å². The number of aromatic nitrogens is 5. The normalized spacial score (nSPS) is 19.8. The van der Waals surface area contributed by atoms with Gasteiger partial charge in [-0.3, -0.25) is 0 Å². The SMILES string of the molecule is [C-]#[N+][C@H]1CC[C@@H](Cc2ncc3nnn(-c4ccc(OC)cc4)c3n2)C1. The molecule has 126 valence electrons. The molecule has 1 fully saturated rings. The molecule has 2 heterocycles. The van der Waals surface area contributed by atoms with Gasteiger partial charge in [0.05, 0.1) is 19.0 Å². The van der Waals surface area contributed by atoms with Crippen LogP contribution in [0.15, 0.2) is 30.5 Å². The minimum atomic E-state index is 0.167. The molecule has 4 rings (SSSR count). The van der Waals surface area contributed by atoms with Crippen molar-refractivity contribution in [1.82, 2.24) is 25.0 Å². The second-order valence-corrected chi connectivity index (χ2v) is 6.36. The Labute approximate surface area is 145 Å². The van der Waals surface area contributed by atoms with Crippen LogP contribution >= 0.6 is 0 Å². The van der Waals surface area contributed by atoms with Crippen molar-refractivity contribution in [3.8, 4) is 11.4 Å². The summed E-state index contributed by atoms with van der Waals surface area (Å²) in [6.45, 7) is 7.17. The fourth-order valence-corrected chi connectivity index (χ4v) is 3.37. The predicted octanol–water partition coefficient (Wildman–Crippen LogP) is 2.85. The monoisotopic (exact) mass is 334 g/mol. The van der Waals surface area contributed by atoms with Crippen molar-refractivity contribution >= 4 is 11.2 Å². The Morgan fingerprint density at radius 1 is 1.28 bits per heavy atom. The molecule has 25 heavy (non-hydrogen) atoms. The largest absolute Gasteiger partial charge is 0.497 e. The maximum absolute atomic E-state index is 7.17. The first-order chi connectivity index (χ1) is 12.3. The van der Waals surface area contributed by atoms with Crippen molar-refractivity contribution in [1.29, 1.82) is 0 Å². The molecule has 1 aliphatic carbocycles. The van der Waals surface area contributed by atoms with Gasteiger partial charge in [-0.15, -0.1) is 5.10 Å². The standard InChI is InChI=1S/C18H18N6O/c1-19-13-4-3-12(9-13)10-17-20-11-16-18(21-17)24(23-22-16)14-5-7-15(25-2)8-6-14/h5-8,11-13H,3-4,9-10H2,2H3/t12-,13+/m1/s1. The topological polar surface area (TPSA) is 70.1 Å². The average molecular weight is 334 g/mol. The second-order valence-electron chi connectivity index (χ2n) is 6.36. The fourth-order valence-electron chi connectivity index (χ4n) is 3.37. The Hall–Kier alpha value is -3.01. The first kappa shape index (κ1) is 15.5. The molecular formula is C18H18N6O. The molecule has 0 N–H and O–H groups in total. The number of nitrogens with zero attached hydrogens (tertiary/aromatic N) is 6. The summed E-state index contributed by atoms with van der Waals surface area (Å²) < 4.78 is 6.91. The van der Waals surface area contributed by atoms with Crippen molar-refractivity contribution in [3.63, 3.8) is 0 Å². The Bertz CT molecular complexity index is 927. The van der Waals surface area contributed by atoms with Gasteiger partial charge in [-0.2, -0.15) is 4.68 Å². The van der Waals surface area contributed by atoms with E-state index in [0.29, 0.717) is 17.1 Å². The smallest absolute Gasteiger partial charge is 0.224 e. The number of hydrogen-bond acceptors (Lipinski definition) is 5. The van der Waals surface area contributed by atoms with E-state index in [1.807, 2.05) is 24.3 Å². The van der Waals surface area contributed by atoms with E-state index in [1.54, 1.807) is 18.0 Å². The van der Waals surface area contributed by atoms with Gasteiger partial charge < -0.3 is 9.58 Å². The Kier molecular flexibility index (Phi) is 4.02. The highest BCUT2D eigenvalue weighted by Gasteiger charge is 2.29. The van der Waals surface area contributed by atoms with E-state index in [1.165, 1.54) is 0 Å². The van der Waals surface area contributed by atoms with Crippen molar-refractivity contribution in [3.05, 3.63) is 47.7 Å². The highest BCUT2D eigenvalue weighted by Crippen LogP contribution is 2.30. The molecular weight excluding hydrogens is 316 g/mol. The Morgan fingerprint density at radius 2 is 2.12 bits per heavy atom. The molecule has 7 nitrogen and oxygen atoms in total. The van der Waals surface area contributed by atoms with Crippen LogP contribution in [0.1, 0.15) is 25.1 Å². The van der Waals surface area contributed by atoms with Gasteiger partial charge in [0.25, 0.3) is 0 Å². The summed E-state index contributed by atoms with van der Waals surface area (Å²) in [6.07, 6.45) is 5.54. The molecule has 0 spiro atoms. The predicted molar refractivity (Wildman–Crippen MR) is 92.4 cm³/mol. The van der Waals surface area contributed by atoms with E-state index in [2.05, 4.69) is 25.1 Å². The van der Waals surface area contributed by atoms with Crippen LogP contribution in [0.2, 0.25) is 0 Å². The van der Waals surface area contributed by atoms with Gasteiger partial charge in [0.2, 0.25) is 6.04 Å². The molecule has 2 atom stereocenters. The summed E-state index contributed by atoms with van der Waals surface area (Å²) in [7, 11) is 1.64. The zero-order valence-electron chi connectivity index (χ0n) is 14.0. The van der Waals surface area contributed by atoms with Crippen molar-refractivity contribution in [2.45, 2.75) is 31.7 Å². The Morgan fingerprint density at radius 3 is 2.84 bits per heavy atom. The van der Waals surface area contributed by atoms with E-state index in [-0.39, 0.29) is 6.04 Å². The Balaban J connectivity index is 1.62. The molecule has 1 aromatic carbocycles. The quantitative estimate of drug-likeness (QED) is 0.686. The van der Waals surface area contributed by atoms with Gasteiger partial charge in [0, 0.05) is 19.3 Å². The highest BCUT2D eigenvalue weighted by atomic mass is 16.5. The minimum Gasteiger partial charge on any atom is -0.497 e. The van der Waals surface area contributed by atoms with E-state index >= 15 is 0 Å². The molecule has 0 amide bonds. The molecule has 0 radical (unpaired) electrons. The molecule has 0 unspecified atom stereocenters. The van der Waals surface area contributed by atoms with Gasteiger partial charge in [-0.25, -0.2) is 16.5 Å². The molecule has 7 heteroatoms. The van der Waals surface area contributed by atoms with E-state index < -0.39 is 0 Å². The van der Waals surface area contributed by atoms with Crippen LogP contribution in [0.5, 0.6) is 5.75 Å². The number of ether oxygens (including phenoxy) is 1. The van der Waals surface area contributed by atoms with E-state index in [4.69, 9.17) is 11.3 Å². The summed E-state index contributed by atoms with van der Waals surface area (Å²) in [5, 5.41) is 8.36. The highest BCUT2D eigenvalue weighted by molar-refractivity contribution is 5.70. The van der Waals surface area contributed by atoms with Crippen LogP contribution in [0.3, 0.4) is 0 Å². The van der Waals surface area contributed by atoms with Crippen LogP contribution in [0.25, 0.3) is 21.7 Å². The number of benzene rings is 1. The molecule has 0 aliphatic heterocycles. The van der Waals surface area contributed by atoms with Crippen LogP contribution in [0, 0.1) is 12.5 Å². The van der Waals surface area contributed by atoms with Crippen LogP contribution in [-0.2, 0) is 6.42 Å². The van der Waals surface area contributed by atoms with E-state index in [9.17, 15) is 0 Å². The van der Waals surface area contributed by atoms with Gasteiger partial charge in [-0.05, 0) is 36.6 Å². The first-order valence-electron chi connectivity index (χ1n) is 8.35. The zero-order valence-corrected chi connectivity index (χ0v) is 14.0. The lowest BCUT2D eigenvalue weighted by Crippen LogP contribution is -2.06. The zero-order chi connectivity index (χ0) is 17.2. The lowest BCUT2D eigenvalue weighted by Gasteiger charge is -2.07. The van der Waals surface area contributed by atoms with Gasteiger partial charge in [0.1, 0.15) is 11.6 Å². The van der Waals surface area contributed by atoms with Crippen LogP contribution < -0.4 is 4.74 Å². The van der Waals surface area contributed by atoms with Gasteiger partial charge in [0.15, 0.2) is 11.2 Å². The summed E-state index contributed by atoms with van der Waals surface area (Å²) >= 11 is 0. The second kappa shape index (κ2) is 6.48. The van der Waals surface area contributed by atoms with Crippen molar-refractivity contribution in [2.75, 3.05) is 7.11 Å². The number of fused-ring (bicyclic) bond motifs is 1. The van der Waals surface area contributed by atoms with E-state index in [0.717, 1.165) is 42.9 Å². The van der Waals surface area contributed by atoms with Crippen LogP contribution in [-0.4, -0.2) is 38.1 Å². The third-order valence-corrected chi connectivity index (χ3v) is 4.73. The maximum atomic E-state index is 7.17. The third kappa shape index (κ3) is 3.03. The summed E-state index contributed by atoms with van der Waals surface area (Å²) in [4.78, 5) is 12.8. The number of hydrogen-bond donors (Lipinski definition) is 0. The summed E-state index contributed by atoms with van der Waals surface area (Å²) in [6, 6.07) is 7.78. The molecule has 3 aromatic rings. The van der Waals surface area contributed by atoms with Gasteiger partial charge >= 0.3 is 0 Å². The molecule has 0 saturated heterocycles. The third-order valence-electron chi connectivity index (χ3n) is 4.73. The maximum Gasteiger partial charge on any atom is 0.224 e. The first-order valence-corrected chi connectivity index (χ1v) is 8.35. The van der Waals surface area contributed by atoms with Gasteiger partial charge in [-0.1, -0.05) is 5.21 Å². The van der Waals surface area contributed by atoms with Crippen molar-refractivity contribution in [2.24, 2.45) is 5.92 Å².